The molecule has 0 saturated carbocycles. The zero-order chi connectivity index (χ0) is 17.6. The van der Waals surface area contributed by atoms with E-state index >= 15 is 0 Å². The lowest BCUT2D eigenvalue weighted by Gasteiger charge is -2.22. The Hall–Kier alpha value is -1.99. The number of sulfonamides is 1. The Morgan fingerprint density at radius 3 is 2.25 bits per heavy atom. The highest BCUT2D eigenvalue weighted by Gasteiger charge is 2.17. The molecule has 7 heteroatoms. The van der Waals surface area contributed by atoms with E-state index in [0.29, 0.717) is 23.5 Å². The molecule has 1 amide bonds. The summed E-state index contributed by atoms with van der Waals surface area (Å²) in [6.45, 7) is 0.709. The van der Waals surface area contributed by atoms with E-state index < -0.39 is 10.0 Å². The molecule has 0 aromatic heterocycles. The molecule has 5 nitrogen and oxygen atoms in total. The number of thiol groups is 1. The number of carbonyl (C=O) groups excluding carboxylic acids is 1. The summed E-state index contributed by atoms with van der Waals surface area (Å²) >= 11 is 4.05. The molecule has 24 heavy (non-hydrogen) atoms. The van der Waals surface area contributed by atoms with E-state index in [1.54, 1.807) is 48.5 Å². The van der Waals surface area contributed by atoms with Crippen molar-refractivity contribution in [3.63, 3.8) is 0 Å². The van der Waals surface area contributed by atoms with Crippen molar-refractivity contribution in [3.05, 3.63) is 65.7 Å². The Labute approximate surface area is 148 Å². The molecule has 0 aliphatic heterocycles. The van der Waals surface area contributed by atoms with Crippen LogP contribution in [0.1, 0.15) is 15.9 Å². The monoisotopic (exact) mass is 364 g/mol. The van der Waals surface area contributed by atoms with Gasteiger partial charge >= 0.3 is 0 Å². The third-order valence-corrected chi connectivity index (χ3v) is 4.75. The second-order valence-corrected chi connectivity index (χ2v) is 7.64. The third kappa shape index (κ3) is 5.01. The highest BCUT2D eigenvalue weighted by molar-refractivity contribution is 7.92. The molecule has 0 bridgehead atoms. The quantitative estimate of drug-likeness (QED) is 0.741. The zero-order valence-electron chi connectivity index (χ0n) is 13.3. The van der Waals surface area contributed by atoms with Crippen LogP contribution >= 0.6 is 12.6 Å². The summed E-state index contributed by atoms with van der Waals surface area (Å²) in [5, 5.41) is 2.74. The molecular formula is C17H20N2O3S2. The van der Waals surface area contributed by atoms with Crippen molar-refractivity contribution in [1.82, 2.24) is 5.32 Å². The molecular weight excluding hydrogens is 344 g/mol. The average molecular weight is 364 g/mol. The Morgan fingerprint density at radius 1 is 1.08 bits per heavy atom. The summed E-state index contributed by atoms with van der Waals surface area (Å²) in [6, 6.07) is 15.8. The second-order valence-electron chi connectivity index (χ2n) is 5.28. The van der Waals surface area contributed by atoms with Crippen LogP contribution in [0.3, 0.4) is 0 Å². The molecule has 0 radical (unpaired) electrons. The summed E-state index contributed by atoms with van der Waals surface area (Å²) in [5.74, 6) is 0.406. The first-order valence-electron chi connectivity index (χ1n) is 7.42. The maximum atomic E-state index is 12.1. The van der Waals surface area contributed by atoms with E-state index in [9.17, 15) is 13.2 Å². The molecule has 0 aliphatic carbocycles. The number of anilines is 1. The van der Waals surface area contributed by atoms with Gasteiger partial charge in [0.15, 0.2) is 0 Å². The second kappa shape index (κ2) is 8.21. The number of amides is 1. The Bertz CT molecular complexity index is 775. The number of hydrogen-bond acceptors (Lipinski definition) is 4. The van der Waals surface area contributed by atoms with Gasteiger partial charge in [-0.3, -0.25) is 9.10 Å². The number of hydrogen-bond donors (Lipinski definition) is 2. The van der Waals surface area contributed by atoms with Crippen LogP contribution in [0.25, 0.3) is 0 Å². The van der Waals surface area contributed by atoms with Crippen LogP contribution in [0.15, 0.2) is 54.6 Å². The minimum Gasteiger partial charge on any atom is -0.351 e. The van der Waals surface area contributed by atoms with Gasteiger partial charge in [-0.15, -0.1) is 0 Å². The van der Waals surface area contributed by atoms with Crippen molar-refractivity contribution in [2.75, 3.05) is 22.9 Å². The Balaban J connectivity index is 2.17. The van der Waals surface area contributed by atoms with Crippen LogP contribution in [0.4, 0.5) is 5.69 Å². The molecule has 0 heterocycles. The van der Waals surface area contributed by atoms with E-state index in [1.165, 1.54) is 10.6 Å². The number of rotatable bonds is 7. The molecule has 0 aliphatic rings. The van der Waals surface area contributed by atoms with Crippen molar-refractivity contribution in [2.24, 2.45) is 0 Å². The molecule has 0 atom stereocenters. The lowest BCUT2D eigenvalue weighted by atomic mass is 10.1. The Kier molecular flexibility index (Phi) is 6.28. The van der Waals surface area contributed by atoms with Crippen LogP contribution < -0.4 is 9.62 Å². The lowest BCUT2D eigenvalue weighted by molar-refractivity contribution is 0.0956. The SMILES string of the molecule is CS(=O)(=O)N(Cc1ccc(C(=O)NCCS)cc1)c1ccccc1. The Morgan fingerprint density at radius 2 is 1.71 bits per heavy atom. The van der Waals surface area contributed by atoms with Gasteiger partial charge in [-0.05, 0) is 29.8 Å². The normalized spacial score (nSPS) is 11.1. The predicted octanol–water partition coefficient (Wildman–Crippen LogP) is 2.31. The molecule has 1 N–H and O–H groups in total. The van der Waals surface area contributed by atoms with Gasteiger partial charge in [0.1, 0.15) is 0 Å². The summed E-state index contributed by atoms with van der Waals surface area (Å²) in [7, 11) is -3.41. The largest absolute Gasteiger partial charge is 0.351 e. The fraction of sp³-hybridized carbons (Fsp3) is 0.235. The molecule has 0 saturated heterocycles. The first kappa shape index (κ1) is 18.4. The van der Waals surface area contributed by atoms with E-state index in [-0.39, 0.29) is 12.5 Å². The van der Waals surface area contributed by atoms with Crippen molar-refractivity contribution in [3.8, 4) is 0 Å². The van der Waals surface area contributed by atoms with Crippen LogP contribution in [0.5, 0.6) is 0 Å². The fourth-order valence-electron chi connectivity index (χ4n) is 2.19. The van der Waals surface area contributed by atoms with Gasteiger partial charge in [0, 0.05) is 17.9 Å². The number of nitrogens with zero attached hydrogens (tertiary/aromatic N) is 1. The van der Waals surface area contributed by atoms with Gasteiger partial charge in [0.2, 0.25) is 10.0 Å². The summed E-state index contributed by atoms with van der Waals surface area (Å²) in [4.78, 5) is 11.9. The van der Waals surface area contributed by atoms with E-state index in [0.717, 1.165) is 5.56 Å². The highest BCUT2D eigenvalue weighted by Crippen LogP contribution is 2.20. The standard InChI is InChI=1S/C17H20N2O3S2/c1-24(21,22)19(16-5-3-2-4-6-16)13-14-7-9-15(10-8-14)17(20)18-11-12-23/h2-10,23H,11-13H2,1H3,(H,18,20). The molecule has 0 fully saturated rings. The van der Waals surface area contributed by atoms with E-state index in [4.69, 9.17) is 0 Å². The molecule has 2 aromatic rings. The van der Waals surface area contributed by atoms with Crippen LogP contribution in [0, 0.1) is 0 Å². The average Bonchev–Trinajstić information content (AvgIpc) is 2.58. The molecule has 0 unspecified atom stereocenters. The van der Waals surface area contributed by atoms with Crippen LogP contribution in [-0.2, 0) is 16.6 Å². The van der Waals surface area contributed by atoms with Gasteiger partial charge < -0.3 is 5.32 Å². The molecule has 2 aromatic carbocycles. The maximum Gasteiger partial charge on any atom is 0.251 e. The first-order valence-corrected chi connectivity index (χ1v) is 9.90. The number of benzene rings is 2. The molecule has 128 valence electrons. The number of carbonyl (C=O) groups is 1. The topological polar surface area (TPSA) is 66.5 Å². The zero-order valence-corrected chi connectivity index (χ0v) is 15.1. The minimum absolute atomic E-state index is 0.168. The predicted molar refractivity (Wildman–Crippen MR) is 100 cm³/mol. The van der Waals surface area contributed by atoms with Gasteiger partial charge in [0.05, 0.1) is 18.5 Å². The molecule has 2 rings (SSSR count). The van der Waals surface area contributed by atoms with E-state index in [2.05, 4.69) is 17.9 Å². The summed E-state index contributed by atoms with van der Waals surface area (Å²) < 4.78 is 25.5. The summed E-state index contributed by atoms with van der Waals surface area (Å²) in [5.41, 5.74) is 1.94. The van der Waals surface area contributed by atoms with Crippen LogP contribution in [0.2, 0.25) is 0 Å². The van der Waals surface area contributed by atoms with Gasteiger partial charge in [-0.25, -0.2) is 8.42 Å². The number of para-hydroxylation sites is 1. The third-order valence-electron chi connectivity index (χ3n) is 3.38. The molecule has 0 spiro atoms. The van der Waals surface area contributed by atoms with Crippen molar-refractivity contribution >= 4 is 34.2 Å². The lowest BCUT2D eigenvalue weighted by Crippen LogP contribution is -2.29. The van der Waals surface area contributed by atoms with Crippen LogP contribution in [-0.4, -0.2) is 32.9 Å². The van der Waals surface area contributed by atoms with Gasteiger partial charge in [-0.1, -0.05) is 30.3 Å². The highest BCUT2D eigenvalue weighted by atomic mass is 32.2. The smallest absolute Gasteiger partial charge is 0.251 e. The van der Waals surface area contributed by atoms with Crippen molar-refractivity contribution < 1.29 is 13.2 Å². The van der Waals surface area contributed by atoms with E-state index in [1.807, 2.05) is 6.07 Å². The maximum absolute atomic E-state index is 12.1. The van der Waals surface area contributed by atoms with Crippen molar-refractivity contribution in [1.29, 1.82) is 0 Å². The summed E-state index contributed by atoms with van der Waals surface area (Å²) in [6.07, 6.45) is 1.18. The number of nitrogens with one attached hydrogen (secondary N) is 1. The fourth-order valence-corrected chi connectivity index (χ4v) is 3.19. The minimum atomic E-state index is -3.41. The first-order chi connectivity index (χ1) is 11.4. The van der Waals surface area contributed by atoms with Gasteiger partial charge in [0.25, 0.3) is 5.91 Å². The van der Waals surface area contributed by atoms with Crippen molar-refractivity contribution in [2.45, 2.75) is 6.54 Å². The van der Waals surface area contributed by atoms with Gasteiger partial charge in [-0.2, -0.15) is 12.6 Å².